The van der Waals surface area contributed by atoms with Gasteiger partial charge in [-0.05, 0) is 36.2 Å². The van der Waals surface area contributed by atoms with Crippen molar-refractivity contribution in [3.05, 3.63) is 65.2 Å². The average Bonchev–Trinajstić information content (AvgIpc) is 2.42. The second-order valence-electron chi connectivity index (χ2n) is 4.11. The predicted molar refractivity (Wildman–Crippen MR) is 70.1 cm³/mol. The summed E-state index contributed by atoms with van der Waals surface area (Å²) in [6, 6.07) is 10.7. The molecule has 0 aromatic heterocycles. The van der Waals surface area contributed by atoms with E-state index < -0.39 is 17.5 Å². The minimum atomic E-state index is -1.13. The largest absolute Gasteiger partial charge is 0.322 e. The Kier molecular flexibility index (Phi) is 3.90. The van der Waals surface area contributed by atoms with Gasteiger partial charge < -0.3 is 5.32 Å². The van der Waals surface area contributed by atoms with Gasteiger partial charge in [0.15, 0.2) is 11.6 Å². The van der Waals surface area contributed by atoms with Crippen molar-refractivity contribution in [2.45, 2.75) is 13.3 Å². The van der Waals surface area contributed by atoms with Gasteiger partial charge in [-0.2, -0.15) is 0 Å². The first-order chi connectivity index (χ1) is 9.11. The molecule has 4 heteroatoms. The van der Waals surface area contributed by atoms with Crippen LogP contribution in [0.1, 0.15) is 22.8 Å². The van der Waals surface area contributed by atoms with Crippen LogP contribution < -0.4 is 5.32 Å². The van der Waals surface area contributed by atoms with E-state index in [1.54, 1.807) is 12.1 Å². The number of amides is 1. The number of rotatable bonds is 3. The Morgan fingerprint density at radius 2 is 1.79 bits per heavy atom. The van der Waals surface area contributed by atoms with Gasteiger partial charge in [0.05, 0.1) is 5.56 Å². The van der Waals surface area contributed by atoms with Crippen LogP contribution in [0.2, 0.25) is 0 Å². The Labute approximate surface area is 110 Å². The van der Waals surface area contributed by atoms with E-state index in [9.17, 15) is 13.6 Å². The maximum absolute atomic E-state index is 13.4. The number of halogens is 2. The zero-order valence-electron chi connectivity index (χ0n) is 10.4. The summed E-state index contributed by atoms with van der Waals surface area (Å²) in [5, 5.41) is 2.53. The predicted octanol–water partition coefficient (Wildman–Crippen LogP) is 3.78. The van der Waals surface area contributed by atoms with Crippen LogP contribution in [0.5, 0.6) is 0 Å². The highest BCUT2D eigenvalue weighted by molar-refractivity contribution is 6.04. The first-order valence-corrected chi connectivity index (χ1v) is 5.96. The Balaban J connectivity index is 2.18. The second kappa shape index (κ2) is 5.61. The molecule has 0 heterocycles. The van der Waals surface area contributed by atoms with Crippen LogP contribution in [0.15, 0.2) is 42.5 Å². The maximum atomic E-state index is 13.4. The molecule has 2 rings (SSSR count). The van der Waals surface area contributed by atoms with Crippen LogP contribution >= 0.6 is 0 Å². The number of carbonyl (C=O) groups excluding carboxylic acids is 1. The van der Waals surface area contributed by atoms with E-state index in [0.717, 1.165) is 18.1 Å². The smallest absolute Gasteiger partial charge is 0.258 e. The van der Waals surface area contributed by atoms with Crippen molar-refractivity contribution in [2.75, 3.05) is 5.32 Å². The number of hydrogen-bond donors (Lipinski definition) is 1. The molecule has 0 saturated carbocycles. The van der Waals surface area contributed by atoms with Crippen LogP contribution in [0.25, 0.3) is 0 Å². The van der Waals surface area contributed by atoms with E-state index in [1.807, 2.05) is 19.1 Å². The van der Waals surface area contributed by atoms with Crippen molar-refractivity contribution >= 4 is 11.6 Å². The molecule has 0 aliphatic carbocycles. The summed E-state index contributed by atoms with van der Waals surface area (Å²) in [5.74, 6) is -2.83. The first-order valence-electron chi connectivity index (χ1n) is 5.96. The molecule has 0 radical (unpaired) electrons. The van der Waals surface area contributed by atoms with E-state index in [-0.39, 0.29) is 5.56 Å². The van der Waals surface area contributed by atoms with Crippen LogP contribution in [0.3, 0.4) is 0 Å². The van der Waals surface area contributed by atoms with Crippen molar-refractivity contribution in [2.24, 2.45) is 0 Å². The van der Waals surface area contributed by atoms with E-state index in [4.69, 9.17) is 0 Å². The van der Waals surface area contributed by atoms with Crippen molar-refractivity contribution in [3.63, 3.8) is 0 Å². The lowest BCUT2D eigenvalue weighted by Crippen LogP contribution is -2.14. The molecule has 1 N–H and O–H groups in total. The molecule has 0 unspecified atom stereocenters. The Morgan fingerprint density at radius 3 is 2.42 bits per heavy atom. The fourth-order valence-corrected chi connectivity index (χ4v) is 1.70. The average molecular weight is 261 g/mol. The molecule has 0 fully saturated rings. The van der Waals surface area contributed by atoms with Gasteiger partial charge >= 0.3 is 0 Å². The van der Waals surface area contributed by atoms with E-state index in [1.165, 1.54) is 12.1 Å². The Bertz CT molecular complexity index is 594. The zero-order valence-corrected chi connectivity index (χ0v) is 10.4. The summed E-state index contributed by atoms with van der Waals surface area (Å²) in [4.78, 5) is 11.8. The zero-order chi connectivity index (χ0) is 13.8. The van der Waals surface area contributed by atoms with Gasteiger partial charge in [0.1, 0.15) is 0 Å². The number of nitrogens with one attached hydrogen (secondary N) is 1. The fraction of sp³-hybridized carbons (Fsp3) is 0.133. The molecule has 0 saturated heterocycles. The molecule has 2 nitrogen and oxygen atoms in total. The second-order valence-corrected chi connectivity index (χ2v) is 4.11. The molecule has 1 amide bonds. The van der Waals surface area contributed by atoms with Gasteiger partial charge in [-0.1, -0.05) is 25.1 Å². The van der Waals surface area contributed by atoms with Gasteiger partial charge in [0.2, 0.25) is 0 Å². The summed E-state index contributed by atoms with van der Waals surface area (Å²) >= 11 is 0. The standard InChI is InChI=1S/C15H13F2NO/c1-2-10-6-8-11(9-7-10)18-15(19)12-4-3-5-13(16)14(12)17/h3-9H,2H2,1H3,(H,18,19). The third kappa shape index (κ3) is 2.96. The summed E-state index contributed by atoms with van der Waals surface area (Å²) in [6.45, 7) is 2.02. The molecule has 98 valence electrons. The normalized spacial score (nSPS) is 10.3. The third-order valence-electron chi connectivity index (χ3n) is 2.82. The summed E-state index contributed by atoms with van der Waals surface area (Å²) in [7, 11) is 0. The summed E-state index contributed by atoms with van der Waals surface area (Å²) < 4.78 is 26.5. The molecule has 2 aromatic rings. The van der Waals surface area contributed by atoms with E-state index in [0.29, 0.717) is 5.69 Å². The van der Waals surface area contributed by atoms with Gasteiger partial charge in [0.25, 0.3) is 5.91 Å². The molecule has 0 aliphatic heterocycles. The van der Waals surface area contributed by atoms with Crippen molar-refractivity contribution in [1.29, 1.82) is 0 Å². The number of benzene rings is 2. The molecule has 0 spiro atoms. The van der Waals surface area contributed by atoms with Gasteiger partial charge in [0, 0.05) is 5.69 Å². The lowest BCUT2D eigenvalue weighted by molar-refractivity contribution is 0.102. The van der Waals surface area contributed by atoms with Crippen LogP contribution in [0.4, 0.5) is 14.5 Å². The maximum Gasteiger partial charge on any atom is 0.258 e. The highest BCUT2D eigenvalue weighted by atomic mass is 19.2. The number of anilines is 1. The number of aryl methyl sites for hydroxylation is 1. The fourth-order valence-electron chi connectivity index (χ4n) is 1.70. The highest BCUT2D eigenvalue weighted by Gasteiger charge is 2.14. The molecule has 0 atom stereocenters. The molecular weight excluding hydrogens is 248 g/mol. The van der Waals surface area contributed by atoms with Gasteiger partial charge in [-0.3, -0.25) is 4.79 Å². The number of hydrogen-bond acceptors (Lipinski definition) is 1. The summed E-state index contributed by atoms with van der Waals surface area (Å²) in [6.07, 6.45) is 0.896. The van der Waals surface area contributed by atoms with E-state index >= 15 is 0 Å². The highest BCUT2D eigenvalue weighted by Crippen LogP contribution is 2.15. The minimum Gasteiger partial charge on any atom is -0.322 e. The van der Waals surface area contributed by atoms with E-state index in [2.05, 4.69) is 5.32 Å². The van der Waals surface area contributed by atoms with Crippen molar-refractivity contribution in [1.82, 2.24) is 0 Å². The molecule has 0 bridgehead atoms. The minimum absolute atomic E-state index is 0.306. The van der Waals surface area contributed by atoms with Crippen LogP contribution in [0, 0.1) is 11.6 Å². The third-order valence-corrected chi connectivity index (χ3v) is 2.82. The lowest BCUT2D eigenvalue weighted by atomic mass is 10.1. The Hall–Kier alpha value is -2.23. The Morgan fingerprint density at radius 1 is 1.11 bits per heavy atom. The summed E-state index contributed by atoms with van der Waals surface area (Å²) in [5.41, 5.74) is 1.38. The molecular formula is C15H13F2NO. The van der Waals surface area contributed by atoms with Crippen LogP contribution in [-0.4, -0.2) is 5.91 Å². The number of carbonyl (C=O) groups is 1. The quantitative estimate of drug-likeness (QED) is 0.895. The van der Waals surface area contributed by atoms with Gasteiger partial charge in [-0.15, -0.1) is 0 Å². The molecule has 2 aromatic carbocycles. The first kappa shape index (κ1) is 13.2. The lowest BCUT2D eigenvalue weighted by Gasteiger charge is -2.07. The molecule has 19 heavy (non-hydrogen) atoms. The monoisotopic (exact) mass is 261 g/mol. The molecule has 0 aliphatic rings. The van der Waals surface area contributed by atoms with Crippen molar-refractivity contribution < 1.29 is 13.6 Å². The van der Waals surface area contributed by atoms with Crippen LogP contribution in [-0.2, 0) is 6.42 Å². The SMILES string of the molecule is CCc1ccc(NC(=O)c2cccc(F)c2F)cc1. The van der Waals surface area contributed by atoms with Crippen molar-refractivity contribution in [3.8, 4) is 0 Å². The topological polar surface area (TPSA) is 29.1 Å². The van der Waals surface area contributed by atoms with Gasteiger partial charge in [-0.25, -0.2) is 8.78 Å².